The van der Waals surface area contributed by atoms with Gasteiger partial charge in [0.1, 0.15) is 0 Å². The van der Waals surface area contributed by atoms with Crippen LogP contribution in [0, 0.1) is 11.8 Å². The SMILES string of the molecule is O=C(Nc1ncc(CC2CCCC2)s1)C1CCCCC1. The lowest BCUT2D eigenvalue weighted by molar-refractivity contribution is -0.120. The Morgan fingerprint density at radius 2 is 1.85 bits per heavy atom. The lowest BCUT2D eigenvalue weighted by Gasteiger charge is -2.19. The zero-order valence-electron chi connectivity index (χ0n) is 12.1. The van der Waals surface area contributed by atoms with Gasteiger partial charge in [0.25, 0.3) is 0 Å². The van der Waals surface area contributed by atoms with Crippen LogP contribution >= 0.6 is 11.3 Å². The fourth-order valence-electron chi connectivity index (χ4n) is 3.53. The van der Waals surface area contributed by atoms with Crippen LogP contribution in [0.3, 0.4) is 0 Å². The molecule has 3 rings (SSSR count). The summed E-state index contributed by atoms with van der Waals surface area (Å²) in [6, 6.07) is 0. The fourth-order valence-corrected chi connectivity index (χ4v) is 4.46. The minimum atomic E-state index is 0.187. The van der Waals surface area contributed by atoms with Gasteiger partial charge in [0.15, 0.2) is 5.13 Å². The van der Waals surface area contributed by atoms with Crippen molar-refractivity contribution in [1.29, 1.82) is 0 Å². The zero-order valence-corrected chi connectivity index (χ0v) is 12.9. The first-order valence-corrected chi connectivity index (χ1v) is 8.88. The van der Waals surface area contributed by atoms with Gasteiger partial charge in [0.2, 0.25) is 5.91 Å². The van der Waals surface area contributed by atoms with Gasteiger partial charge in [0.05, 0.1) is 0 Å². The first kappa shape index (κ1) is 14.1. The Kier molecular flexibility index (Phi) is 4.71. The molecule has 0 bridgehead atoms. The topological polar surface area (TPSA) is 42.0 Å². The summed E-state index contributed by atoms with van der Waals surface area (Å²) >= 11 is 1.67. The third-order valence-electron chi connectivity index (χ3n) is 4.72. The maximum atomic E-state index is 12.2. The van der Waals surface area contributed by atoms with Crippen LogP contribution in [-0.4, -0.2) is 10.9 Å². The van der Waals surface area contributed by atoms with E-state index in [1.54, 1.807) is 11.3 Å². The monoisotopic (exact) mass is 292 g/mol. The predicted octanol–water partition coefficient (Wildman–Crippen LogP) is 4.39. The number of carbonyl (C=O) groups is 1. The van der Waals surface area contributed by atoms with Crippen molar-refractivity contribution < 1.29 is 4.79 Å². The molecule has 0 unspecified atom stereocenters. The van der Waals surface area contributed by atoms with Gasteiger partial charge in [-0.05, 0) is 25.2 Å². The van der Waals surface area contributed by atoms with Crippen LogP contribution in [0.2, 0.25) is 0 Å². The molecule has 2 fully saturated rings. The molecule has 1 heterocycles. The van der Waals surface area contributed by atoms with Crippen LogP contribution in [0.4, 0.5) is 5.13 Å². The van der Waals surface area contributed by atoms with E-state index in [-0.39, 0.29) is 11.8 Å². The van der Waals surface area contributed by atoms with Gasteiger partial charge in [-0.15, -0.1) is 11.3 Å². The summed E-state index contributed by atoms with van der Waals surface area (Å²) in [5.74, 6) is 1.25. The second-order valence-corrected chi connectivity index (χ2v) is 7.43. The third kappa shape index (κ3) is 3.60. The van der Waals surface area contributed by atoms with Crippen molar-refractivity contribution in [1.82, 2.24) is 4.98 Å². The van der Waals surface area contributed by atoms with E-state index in [9.17, 15) is 4.79 Å². The minimum absolute atomic E-state index is 0.187. The van der Waals surface area contributed by atoms with Crippen LogP contribution in [-0.2, 0) is 11.2 Å². The zero-order chi connectivity index (χ0) is 13.8. The number of carbonyl (C=O) groups excluding carboxylic acids is 1. The molecule has 2 aliphatic rings. The Morgan fingerprint density at radius 1 is 1.15 bits per heavy atom. The Labute approximate surface area is 125 Å². The van der Waals surface area contributed by atoms with E-state index in [0.717, 1.165) is 30.3 Å². The summed E-state index contributed by atoms with van der Waals surface area (Å²) < 4.78 is 0. The molecule has 1 amide bonds. The van der Waals surface area contributed by atoms with E-state index in [1.165, 1.54) is 49.8 Å². The van der Waals surface area contributed by atoms with E-state index < -0.39 is 0 Å². The molecule has 1 aromatic rings. The van der Waals surface area contributed by atoms with E-state index in [0.29, 0.717) is 0 Å². The van der Waals surface area contributed by atoms with Crippen molar-refractivity contribution in [3.8, 4) is 0 Å². The number of anilines is 1. The number of nitrogens with one attached hydrogen (secondary N) is 1. The van der Waals surface area contributed by atoms with E-state index in [1.807, 2.05) is 6.20 Å². The largest absolute Gasteiger partial charge is 0.302 e. The Morgan fingerprint density at radius 3 is 2.60 bits per heavy atom. The highest BCUT2D eigenvalue weighted by Crippen LogP contribution is 2.31. The van der Waals surface area contributed by atoms with E-state index in [2.05, 4.69) is 10.3 Å². The van der Waals surface area contributed by atoms with Crippen molar-refractivity contribution in [3.05, 3.63) is 11.1 Å². The van der Waals surface area contributed by atoms with E-state index >= 15 is 0 Å². The molecular weight excluding hydrogens is 268 g/mol. The first-order chi connectivity index (χ1) is 9.81. The number of thiazole rings is 1. The Balaban J connectivity index is 1.52. The lowest BCUT2D eigenvalue weighted by Crippen LogP contribution is -2.24. The molecule has 20 heavy (non-hydrogen) atoms. The Hall–Kier alpha value is -0.900. The maximum Gasteiger partial charge on any atom is 0.229 e. The second-order valence-electron chi connectivity index (χ2n) is 6.31. The summed E-state index contributed by atoms with van der Waals surface area (Å²) in [7, 11) is 0. The van der Waals surface area contributed by atoms with Crippen LogP contribution in [0.1, 0.15) is 62.7 Å². The average molecular weight is 292 g/mol. The third-order valence-corrected chi connectivity index (χ3v) is 5.66. The van der Waals surface area contributed by atoms with Gasteiger partial charge < -0.3 is 5.32 Å². The molecule has 0 aromatic carbocycles. The van der Waals surface area contributed by atoms with Gasteiger partial charge in [0, 0.05) is 17.0 Å². The molecular formula is C16H24N2OS. The van der Waals surface area contributed by atoms with E-state index in [4.69, 9.17) is 0 Å². The van der Waals surface area contributed by atoms with Gasteiger partial charge in [-0.3, -0.25) is 4.79 Å². The molecule has 0 radical (unpaired) electrons. The van der Waals surface area contributed by atoms with Gasteiger partial charge in [-0.1, -0.05) is 44.9 Å². The number of hydrogen-bond donors (Lipinski definition) is 1. The van der Waals surface area contributed by atoms with Gasteiger partial charge >= 0.3 is 0 Å². The van der Waals surface area contributed by atoms with Crippen LogP contribution in [0.5, 0.6) is 0 Å². The standard InChI is InChI=1S/C16H24N2OS/c19-15(13-8-2-1-3-9-13)18-16-17-11-14(20-16)10-12-6-4-5-7-12/h11-13H,1-10H2,(H,17,18,19). The van der Waals surface area contributed by atoms with Crippen molar-refractivity contribution in [3.63, 3.8) is 0 Å². The Bertz CT molecular complexity index is 445. The maximum absolute atomic E-state index is 12.2. The second kappa shape index (κ2) is 6.70. The molecule has 1 N–H and O–H groups in total. The van der Waals surface area contributed by atoms with Crippen LogP contribution < -0.4 is 5.32 Å². The first-order valence-electron chi connectivity index (χ1n) is 8.07. The average Bonchev–Trinajstić information content (AvgIpc) is 3.12. The lowest BCUT2D eigenvalue weighted by atomic mass is 9.89. The van der Waals surface area contributed by atoms with Crippen LogP contribution in [0.25, 0.3) is 0 Å². The van der Waals surface area contributed by atoms with Crippen molar-refractivity contribution in [2.45, 2.75) is 64.2 Å². The summed E-state index contributed by atoms with van der Waals surface area (Å²) in [6.07, 6.45) is 14.4. The molecule has 0 saturated heterocycles. The number of hydrogen-bond acceptors (Lipinski definition) is 3. The summed E-state index contributed by atoms with van der Waals surface area (Å²) in [4.78, 5) is 17.9. The fraction of sp³-hybridized carbons (Fsp3) is 0.750. The van der Waals surface area contributed by atoms with Crippen LogP contribution in [0.15, 0.2) is 6.20 Å². The van der Waals surface area contributed by atoms with Crippen molar-refractivity contribution in [2.75, 3.05) is 5.32 Å². The highest BCUT2D eigenvalue weighted by atomic mass is 32.1. The highest BCUT2D eigenvalue weighted by molar-refractivity contribution is 7.15. The number of rotatable bonds is 4. The summed E-state index contributed by atoms with van der Waals surface area (Å²) in [5.41, 5.74) is 0. The summed E-state index contributed by atoms with van der Waals surface area (Å²) in [6.45, 7) is 0. The molecule has 2 aliphatic carbocycles. The van der Waals surface area contributed by atoms with Gasteiger partial charge in [-0.2, -0.15) is 0 Å². The molecule has 2 saturated carbocycles. The highest BCUT2D eigenvalue weighted by Gasteiger charge is 2.22. The van der Waals surface area contributed by atoms with Crippen molar-refractivity contribution in [2.24, 2.45) is 11.8 Å². The number of amides is 1. The quantitative estimate of drug-likeness (QED) is 0.894. The molecule has 0 aliphatic heterocycles. The molecule has 0 atom stereocenters. The predicted molar refractivity (Wildman–Crippen MR) is 83.0 cm³/mol. The smallest absolute Gasteiger partial charge is 0.229 e. The van der Waals surface area contributed by atoms with Crippen molar-refractivity contribution >= 4 is 22.4 Å². The minimum Gasteiger partial charge on any atom is -0.302 e. The summed E-state index contributed by atoms with van der Waals surface area (Å²) in [5, 5.41) is 3.83. The molecule has 4 heteroatoms. The molecule has 1 aromatic heterocycles. The number of aromatic nitrogens is 1. The van der Waals surface area contributed by atoms with Gasteiger partial charge in [-0.25, -0.2) is 4.98 Å². The molecule has 3 nitrogen and oxygen atoms in total. The molecule has 110 valence electrons. The number of nitrogens with zero attached hydrogens (tertiary/aromatic N) is 1. The normalized spacial score (nSPS) is 21.2. The molecule has 0 spiro atoms.